The summed E-state index contributed by atoms with van der Waals surface area (Å²) < 4.78 is 33.9. The van der Waals surface area contributed by atoms with Gasteiger partial charge in [-0.2, -0.15) is 0 Å². The summed E-state index contributed by atoms with van der Waals surface area (Å²) in [6.07, 6.45) is 0. The molecule has 0 fully saturated rings. The molecule has 0 bridgehead atoms. The van der Waals surface area contributed by atoms with Gasteiger partial charge in [-0.05, 0) is 36.4 Å². The molecule has 0 aromatic heterocycles. The summed E-state index contributed by atoms with van der Waals surface area (Å²) in [5.41, 5.74) is 6.26. The zero-order chi connectivity index (χ0) is 15.6. The molecule has 0 saturated carbocycles. The molecule has 0 radical (unpaired) electrons. The lowest BCUT2D eigenvalue weighted by Crippen LogP contribution is -2.15. The van der Waals surface area contributed by atoms with Gasteiger partial charge in [-0.15, -0.1) is 0 Å². The van der Waals surface area contributed by atoms with Gasteiger partial charge in [0.05, 0.1) is 18.5 Å². The van der Waals surface area contributed by atoms with Crippen molar-refractivity contribution >= 4 is 53.3 Å². The van der Waals surface area contributed by atoms with Crippen molar-refractivity contribution < 1.29 is 13.2 Å². The van der Waals surface area contributed by atoms with Crippen molar-refractivity contribution in [2.45, 2.75) is 4.90 Å². The molecular formula is C13H12Br2N2O3S. The Morgan fingerprint density at radius 1 is 1.10 bits per heavy atom. The van der Waals surface area contributed by atoms with Crippen LogP contribution in [0.5, 0.6) is 5.75 Å². The van der Waals surface area contributed by atoms with Crippen LogP contribution in [-0.2, 0) is 10.0 Å². The van der Waals surface area contributed by atoms with Gasteiger partial charge in [0.1, 0.15) is 10.6 Å². The van der Waals surface area contributed by atoms with Crippen LogP contribution in [0.2, 0.25) is 0 Å². The van der Waals surface area contributed by atoms with Crippen molar-refractivity contribution in [1.29, 1.82) is 0 Å². The molecule has 0 atom stereocenters. The fourth-order valence-corrected chi connectivity index (χ4v) is 3.64. The Morgan fingerprint density at radius 2 is 1.71 bits per heavy atom. The molecule has 0 unspecified atom stereocenters. The number of nitrogen functional groups attached to an aromatic ring is 1. The van der Waals surface area contributed by atoms with Gasteiger partial charge < -0.3 is 10.5 Å². The third kappa shape index (κ3) is 3.69. The second-order valence-electron chi connectivity index (χ2n) is 4.13. The Bertz CT molecular complexity index is 779. The van der Waals surface area contributed by atoms with E-state index < -0.39 is 10.0 Å². The fourth-order valence-electron chi connectivity index (χ4n) is 1.72. The predicted molar refractivity (Wildman–Crippen MR) is 90.1 cm³/mol. The number of sulfonamides is 1. The largest absolute Gasteiger partial charge is 0.495 e. The van der Waals surface area contributed by atoms with Crippen molar-refractivity contribution in [3.8, 4) is 5.75 Å². The molecule has 112 valence electrons. The van der Waals surface area contributed by atoms with Crippen LogP contribution in [0, 0.1) is 0 Å². The predicted octanol–water partition coefficient (Wildman–Crippen LogP) is 3.60. The summed E-state index contributed by atoms with van der Waals surface area (Å²) in [4.78, 5) is 0.00716. The van der Waals surface area contributed by atoms with Gasteiger partial charge in [0.2, 0.25) is 0 Å². The highest BCUT2D eigenvalue weighted by molar-refractivity contribution is 9.10. The van der Waals surface area contributed by atoms with Crippen LogP contribution in [0.15, 0.2) is 50.2 Å². The van der Waals surface area contributed by atoms with E-state index in [1.807, 2.05) is 0 Å². The summed E-state index contributed by atoms with van der Waals surface area (Å²) in [7, 11) is -2.34. The normalized spacial score (nSPS) is 11.2. The molecule has 0 aliphatic rings. The maximum atomic E-state index is 12.4. The van der Waals surface area contributed by atoms with E-state index in [9.17, 15) is 8.42 Å². The maximum absolute atomic E-state index is 12.4. The summed E-state index contributed by atoms with van der Waals surface area (Å²) >= 11 is 6.53. The number of anilines is 2. The van der Waals surface area contributed by atoms with Crippen LogP contribution >= 0.6 is 31.9 Å². The molecule has 8 heteroatoms. The number of hydrogen-bond acceptors (Lipinski definition) is 4. The van der Waals surface area contributed by atoms with E-state index in [1.54, 1.807) is 24.3 Å². The lowest BCUT2D eigenvalue weighted by Gasteiger charge is -2.13. The second kappa shape index (κ2) is 6.25. The number of benzene rings is 2. The summed E-state index contributed by atoms with van der Waals surface area (Å²) in [6.45, 7) is 0. The van der Waals surface area contributed by atoms with Gasteiger partial charge >= 0.3 is 0 Å². The molecule has 0 saturated heterocycles. The number of halogens is 2. The zero-order valence-electron chi connectivity index (χ0n) is 10.9. The molecule has 2 rings (SSSR count). The highest BCUT2D eigenvalue weighted by Gasteiger charge is 2.19. The van der Waals surface area contributed by atoms with Gasteiger partial charge in [0.25, 0.3) is 10.0 Å². The number of ether oxygens (including phenoxy) is 1. The van der Waals surface area contributed by atoms with E-state index in [-0.39, 0.29) is 10.6 Å². The van der Waals surface area contributed by atoms with Crippen LogP contribution in [0.25, 0.3) is 0 Å². The lowest BCUT2D eigenvalue weighted by atomic mass is 10.3. The first kappa shape index (κ1) is 16.1. The smallest absolute Gasteiger partial charge is 0.264 e. The monoisotopic (exact) mass is 434 g/mol. The molecule has 0 aliphatic heterocycles. The first-order valence-electron chi connectivity index (χ1n) is 5.75. The molecule has 3 N–H and O–H groups in total. The SMILES string of the molecule is COc1ccc(Br)cc1NS(=O)(=O)c1ccc(Br)cc1N. The summed E-state index contributed by atoms with van der Waals surface area (Å²) in [5.74, 6) is 0.414. The zero-order valence-corrected chi connectivity index (χ0v) is 14.9. The second-order valence-corrected chi connectivity index (χ2v) is 7.61. The van der Waals surface area contributed by atoms with E-state index in [1.165, 1.54) is 19.2 Å². The molecule has 5 nitrogen and oxygen atoms in total. The molecule has 0 aliphatic carbocycles. The van der Waals surface area contributed by atoms with Gasteiger partial charge in [-0.3, -0.25) is 4.72 Å². The minimum absolute atomic E-state index is 0.00716. The van der Waals surface area contributed by atoms with Crippen molar-refractivity contribution in [3.63, 3.8) is 0 Å². The molecule has 0 spiro atoms. The molecule has 0 heterocycles. The van der Waals surface area contributed by atoms with Crippen molar-refractivity contribution in [3.05, 3.63) is 45.3 Å². The fraction of sp³-hybridized carbons (Fsp3) is 0.0769. The summed E-state index contributed by atoms with van der Waals surface area (Å²) in [5, 5.41) is 0. The molecule has 2 aromatic carbocycles. The molecule has 21 heavy (non-hydrogen) atoms. The number of rotatable bonds is 4. The minimum Gasteiger partial charge on any atom is -0.495 e. The van der Waals surface area contributed by atoms with Crippen molar-refractivity contribution in [2.24, 2.45) is 0 Å². The van der Waals surface area contributed by atoms with Crippen LogP contribution in [0.3, 0.4) is 0 Å². The minimum atomic E-state index is -3.81. The number of methoxy groups -OCH3 is 1. The number of nitrogens with two attached hydrogens (primary N) is 1. The Morgan fingerprint density at radius 3 is 2.33 bits per heavy atom. The standard InChI is InChI=1S/C13H12Br2N2O3S/c1-20-12-4-2-9(15)7-11(12)17-21(18,19)13-5-3-8(14)6-10(13)16/h2-7,17H,16H2,1H3. The van der Waals surface area contributed by atoms with E-state index >= 15 is 0 Å². The summed E-state index contributed by atoms with van der Waals surface area (Å²) in [6, 6.07) is 9.62. The van der Waals surface area contributed by atoms with Gasteiger partial charge in [-0.1, -0.05) is 31.9 Å². The lowest BCUT2D eigenvalue weighted by molar-refractivity contribution is 0.417. The number of hydrogen-bond donors (Lipinski definition) is 2. The van der Waals surface area contributed by atoms with Gasteiger partial charge in [-0.25, -0.2) is 8.42 Å². The number of nitrogens with one attached hydrogen (secondary N) is 1. The van der Waals surface area contributed by atoms with E-state index in [4.69, 9.17) is 10.5 Å². The first-order valence-corrected chi connectivity index (χ1v) is 8.82. The van der Waals surface area contributed by atoms with E-state index in [0.717, 1.165) is 4.47 Å². The van der Waals surface area contributed by atoms with Crippen molar-refractivity contribution in [2.75, 3.05) is 17.6 Å². The Labute approximate surface area is 139 Å². The van der Waals surface area contributed by atoms with E-state index in [0.29, 0.717) is 15.9 Å². The van der Waals surface area contributed by atoms with Crippen LogP contribution in [-0.4, -0.2) is 15.5 Å². The van der Waals surface area contributed by atoms with Crippen LogP contribution in [0.4, 0.5) is 11.4 Å². The topological polar surface area (TPSA) is 81.4 Å². The maximum Gasteiger partial charge on any atom is 0.264 e. The average Bonchev–Trinajstić information content (AvgIpc) is 2.37. The Balaban J connectivity index is 2.44. The van der Waals surface area contributed by atoms with Crippen LogP contribution < -0.4 is 15.2 Å². The molecule has 0 amide bonds. The Kier molecular flexibility index (Phi) is 4.80. The van der Waals surface area contributed by atoms with Gasteiger partial charge in [0.15, 0.2) is 0 Å². The van der Waals surface area contributed by atoms with E-state index in [2.05, 4.69) is 36.6 Å². The highest BCUT2D eigenvalue weighted by atomic mass is 79.9. The molecular weight excluding hydrogens is 424 g/mol. The first-order chi connectivity index (χ1) is 9.83. The third-order valence-electron chi connectivity index (χ3n) is 2.67. The highest BCUT2D eigenvalue weighted by Crippen LogP contribution is 2.31. The van der Waals surface area contributed by atoms with Gasteiger partial charge in [0, 0.05) is 8.95 Å². The van der Waals surface area contributed by atoms with Crippen LogP contribution in [0.1, 0.15) is 0 Å². The quantitative estimate of drug-likeness (QED) is 0.718. The average molecular weight is 436 g/mol. The third-order valence-corrected chi connectivity index (χ3v) is 5.09. The molecule has 2 aromatic rings. The Hall–Kier alpha value is -1.25. The van der Waals surface area contributed by atoms with Crippen molar-refractivity contribution in [1.82, 2.24) is 0 Å².